The first-order valence-electron chi connectivity index (χ1n) is 13.7. The molecule has 2 heterocycles. The van der Waals surface area contributed by atoms with Crippen molar-refractivity contribution in [1.82, 2.24) is 9.80 Å². The molecule has 8 nitrogen and oxygen atoms in total. The highest BCUT2D eigenvalue weighted by atomic mass is 16.5. The molecule has 0 saturated carbocycles. The molecule has 0 bridgehead atoms. The molecule has 1 amide bonds. The molecule has 0 radical (unpaired) electrons. The number of benzene rings is 2. The van der Waals surface area contributed by atoms with Crippen LogP contribution in [-0.4, -0.2) is 79.2 Å². The fourth-order valence-electron chi connectivity index (χ4n) is 4.89. The number of hydrogen-bond donors (Lipinski definition) is 1. The van der Waals surface area contributed by atoms with E-state index in [0.29, 0.717) is 56.5 Å². The number of ketones is 1. The smallest absolute Gasteiger partial charge is 0.290 e. The maximum atomic E-state index is 13.5. The topological polar surface area (TPSA) is 88.5 Å². The van der Waals surface area contributed by atoms with Crippen LogP contribution >= 0.6 is 0 Å². The molecule has 2 aromatic carbocycles. The molecular formula is C31H38N2O6. The number of aliphatic hydroxyl groups is 1. The zero-order valence-electron chi connectivity index (χ0n) is 22.8. The lowest BCUT2D eigenvalue weighted by atomic mass is 9.95. The van der Waals surface area contributed by atoms with Crippen molar-refractivity contribution in [3.05, 3.63) is 77.1 Å². The number of carbonyl (C=O) groups excluding carboxylic acids is 2. The van der Waals surface area contributed by atoms with Crippen LogP contribution in [0.15, 0.2) is 65.9 Å². The minimum atomic E-state index is -0.741. The first-order valence-corrected chi connectivity index (χ1v) is 13.7. The molecule has 2 aliphatic rings. The van der Waals surface area contributed by atoms with Crippen LogP contribution < -0.4 is 9.47 Å². The Morgan fingerprint density at radius 2 is 1.82 bits per heavy atom. The Morgan fingerprint density at radius 1 is 1.05 bits per heavy atom. The average molecular weight is 535 g/mol. The van der Waals surface area contributed by atoms with E-state index in [1.807, 2.05) is 62.4 Å². The Hall–Kier alpha value is -3.62. The second kappa shape index (κ2) is 14.0. The molecule has 0 aliphatic carbocycles. The van der Waals surface area contributed by atoms with Crippen LogP contribution in [0.2, 0.25) is 0 Å². The predicted octanol–water partition coefficient (Wildman–Crippen LogP) is 4.57. The lowest BCUT2D eigenvalue weighted by Gasteiger charge is -2.30. The molecule has 1 N–H and O–H groups in total. The molecule has 39 heavy (non-hydrogen) atoms. The van der Waals surface area contributed by atoms with Crippen molar-refractivity contribution in [3.8, 4) is 11.5 Å². The van der Waals surface area contributed by atoms with Crippen LogP contribution in [0.4, 0.5) is 0 Å². The van der Waals surface area contributed by atoms with Crippen LogP contribution in [0, 0.1) is 0 Å². The highest BCUT2D eigenvalue weighted by molar-refractivity contribution is 6.14. The van der Waals surface area contributed by atoms with Crippen LogP contribution in [-0.2, 0) is 14.3 Å². The van der Waals surface area contributed by atoms with Gasteiger partial charge in [-0.05, 0) is 49.1 Å². The fourth-order valence-corrected chi connectivity index (χ4v) is 4.89. The summed E-state index contributed by atoms with van der Waals surface area (Å²) in [5, 5.41) is 11.0. The van der Waals surface area contributed by atoms with Gasteiger partial charge in [0.15, 0.2) is 23.0 Å². The van der Waals surface area contributed by atoms with Gasteiger partial charge in [0.05, 0.1) is 38.0 Å². The van der Waals surface area contributed by atoms with E-state index < -0.39 is 23.5 Å². The summed E-state index contributed by atoms with van der Waals surface area (Å²) in [6.07, 6.45) is 4.66. The summed E-state index contributed by atoms with van der Waals surface area (Å²) in [5.74, 6) is -0.298. The Kier molecular flexibility index (Phi) is 10.2. The van der Waals surface area contributed by atoms with E-state index in [1.54, 1.807) is 11.0 Å². The fraction of sp³-hybridized carbons (Fsp3) is 0.419. The number of amides is 1. The van der Waals surface area contributed by atoms with Gasteiger partial charge in [-0.2, -0.15) is 0 Å². The van der Waals surface area contributed by atoms with E-state index in [9.17, 15) is 14.7 Å². The van der Waals surface area contributed by atoms with E-state index in [4.69, 9.17) is 14.2 Å². The van der Waals surface area contributed by atoms with Gasteiger partial charge >= 0.3 is 0 Å². The summed E-state index contributed by atoms with van der Waals surface area (Å²) >= 11 is 0. The summed E-state index contributed by atoms with van der Waals surface area (Å²) in [4.78, 5) is 30.7. The monoisotopic (exact) mass is 534 g/mol. The third-order valence-corrected chi connectivity index (χ3v) is 6.82. The normalized spacial score (nSPS) is 18.3. The lowest BCUT2D eigenvalue weighted by molar-refractivity contribution is -0.129. The van der Waals surface area contributed by atoms with Crippen molar-refractivity contribution >= 4 is 17.8 Å². The molecule has 208 valence electrons. The van der Waals surface area contributed by atoms with E-state index in [-0.39, 0.29) is 5.57 Å². The van der Waals surface area contributed by atoms with Crippen molar-refractivity contribution in [2.45, 2.75) is 32.7 Å². The summed E-state index contributed by atoms with van der Waals surface area (Å²) in [7, 11) is 0. The standard InChI is InChI=1S/C31H38N2O6/c1-3-19-39-26-14-12-24(22-27(26)38-4-2)29-28(25(34)13-11-23-9-6-5-7-10-23)30(35)31(36)33(29)16-8-15-32-17-20-37-21-18-32/h5-7,9-14,22,29,35H,3-4,8,15-21H2,1-2H3/b13-11+. The highest BCUT2D eigenvalue weighted by Crippen LogP contribution is 2.41. The number of nitrogens with zero attached hydrogens (tertiary/aromatic N) is 2. The number of carbonyl (C=O) groups is 2. The van der Waals surface area contributed by atoms with Gasteiger partial charge in [0.1, 0.15) is 0 Å². The second-order valence-electron chi connectivity index (χ2n) is 9.57. The molecule has 2 aromatic rings. The predicted molar refractivity (Wildman–Crippen MR) is 150 cm³/mol. The van der Waals surface area contributed by atoms with E-state index >= 15 is 0 Å². The molecule has 8 heteroatoms. The van der Waals surface area contributed by atoms with Crippen molar-refractivity contribution in [1.29, 1.82) is 0 Å². The van der Waals surface area contributed by atoms with E-state index in [1.165, 1.54) is 6.08 Å². The third kappa shape index (κ3) is 7.07. The lowest BCUT2D eigenvalue weighted by Crippen LogP contribution is -2.39. The minimum absolute atomic E-state index is 0.0724. The third-order valence-electron chi connectivity index (χ3n) is 6.82. The Bertz CT molecular complexity index is 1190. The number of morpholine rings is 1. The van der Waals surface area contributed by atoms with Gasteiger partial charge in [-0.1, -0.05) is 49.4 Å². The zero-order valence-corrected chi connectivity index (χ0v) is 22.8. The van der Waals surface area contributed by atoms with Gasteiger partial charge in [-0.3, -0.25) is 14.5 Å². The van der Waals surface area contributed by atoms with Gasteiger partial charge in [0, 0.05) is 26.2 Å². The van der Waals surface area contributed by atoms with E-state index in [2.05, 4.69) is 4.90 Å². The van der Waals surface area contributed by atoms with E-state index in [0.717, 1.165) is 31.6 Å². The molecule has 1 fully saturated rings. The number of rotatable bonds is 13. The van der Waals surface area contributed by atoms with Crippen LogP contribution in [0.3, 0.4) is 0 Å². The summed E-state index contributed by atoms with van der Waals surface area (Å²) in [6.45, 7) is 9.20. The van der Waals surface area contributed by atoms with Crippen LogP contribution in [0.1, 0.15) is 43.9 Å². The maximum absolute atomic E-state index is 13.5. The number of ether oxygens (including phenoxy) is 3. The molecular weight excluding hydrogens is 496 g/mol. The maximum Gasteiger partial charge on any atom is 0.290 e. The molecule has 0 aromatic heterocycles. The molecule has 0 spiro atoms. The molecule has 2 aliphatic heterocycles. The molecule has 1 saturated heterocycles. The quantitative estimate of drug-likeness (QED) is 0.377. The van der Waals surface area contributed by atoms with Gasteiger partial charge in [0.25, 0.3) is 5.91 Å². The molecule has 1 unspecified atom stereocenters. The number of hydrogen-bond acceptors (Lipinski definition) is 7. The molecule has 4 rings (SSSR count). The van der Waals surface area contributed by atoms with Crippen molar-refractivity contribution in [2.75, 3.05) is 52.6 Å². The SMILES string of the molecule is CCCOc1ccc(C2C(C(=O)/C=C/c3ccccc3)=C(O)C(=O)N2CCCN2CCOCC2)cc1OCC. The first-order chi connectivity index (χ1) is 19.0. The summed E-state index contributed by atoms with van der Waals surface area (Å²) < 4.78 is 17.2. The highest BCUT2D eigenvalue weighted by Gasteiger charge is 2.43. The largest absolute Gasteiger partial charge is 0.503 e. The number of allylic oxidation sites excluding steroid dienone is 1. The van der Waals surface area contributed by atoms with Crippen molar-refractivity contribution in [3.63, 3.8) is 0 Å². The minimum Gasteiger partial charge on any atom is -0.503 e. The summed E-state index contributed by atoms with van der Waals surface area (Å²) in [5.41, 5.74) is 1.61. The van der Waals surface area contributed by atoms with Gasteiger partial charge in [-0.15, -0.1) is 0 Å². The Morgan fingerprint density at radius 3 is 2.54 bits per heavy atom. The number of aliphatic hydroxyl groups excluding tert-OH is 1. The zero-order chi connectivity index (χ0) is 27.6. The first kappa shape index (κ1) is 28.4. The Balaban J connectivity index is 1.64. The van der Waals surface area contributed by atoms with Crippen molar-refractivity contribution in [2.24, 2.45) is 0 Å². The van der Waals surface area contributed by atoms with Crippen molar-refractivity contribution < 1.29 is 28.9 Å². The molecule has 1 atom stereocenters. The van der Waals surface area contributed by atoms with Gasteiger partial charge in [-0.25, -0.2) is 0 Å². The van der Waals surface area contributed by atoms with Crippen LogP contribution in [0.5, 0.6) is 11.5 Å². The summed E-state index contributed by atoms with van der Waals surface area (Å²) in [6, 6.07) is 14.2. The van der Waals surface area contributed by atoms with Gasteiger partial charge in [0.2, 0.25) is 0 Å². The second-order valence-corrected chi connectivity index (χ2v) is 9.57. The van der Waals surface area contributed by atoms with Crippen LogP contribution in [0.25, 0.3) is 6.08 Å². The average Bonchev–Trinajstić information content (AvgIpc) is 3.21. The van der Waals surface area contributed by atoms with Gasteiger partial charge < -0.3 is 24.2 Å². The Labute approximate surface area is 230 Å².